The molecule has 0 radical (unpaired) electrons. The van der Waals surface area contributed by atoms with Crippen LogP contribution in [0.4, 0.5) is 0 Å². The molecular formula is C44H62O7. The van der Waals surface area contributed by atoms with Crippen LogP contribution in [-0.4, -0.2) is 56.8 Å². The Morgan fingerprint density at radius 3 is 1.84 bits per heavy atom. The van der Waals surface area contributed by atoms with E-state index in [0.29, 0.717) is 49.4 Å². The maximum Gasteiger partial charge on any atom is 0.306 e. The molecule has 280 valence electrons. The fourth-order valence-electron chi connectivity index (χ4n) is 8.95. The second kappa shape index (κ2) is 20.2. The van der Waals surface area contributed by atoms with Gasteiger partial charge in [-0.25, -0.2) is 0 Å². The highest BCUT2D eigenvalue weighted by atomic mass is 16.5. The van der Waals surface area contributed by atoms with Gasteiger partial charge in [0.2, 0.25) is 0 Å². The fourth-order valence-corrected chi connectivity index (χ4v) is 8.95. The predicted molar refractivity (Wildman–Crippen MR) is 201 cm³/mol. The molecule has 4 aliphatic rings. The van der Waals surface area contributed by atoms with Gasteiger partial charge in [-0.2, -0.15) is 0 Å². The van der Waals surface area contributed by atoms with Crippen LogP contribution in [0.1, 0.15) is 118 Å². The summed E-state index contributed by atoms with van der Waals surface area (Å²) >= 11 is 0. The van der Waals surface area contributed by atoms with Crippen LogP contribution in [0.15, 0.2) is 47.6 Å². The van der Waals surface area contributed by atoms with Crippen LogP contribution in [0.2, 0.25) is 0 Å². The van der Waals surface area contributed by atoms with Crippen molar-refractivity contribution in [1.82, 2.24) is 0 Å². The van der Waals surface area contributed by atoms with Gasteiger partial charge in [-0.1, -0.05) is 61.4 Å². The summed E-state index contributed by atoms with van der Waals surface area (Å²) in [7, 11) is 0. The summed E-state index contributed by atoms with van der Waals surface area (Å²) in [5, 5.41) is 41.1. The molecule has 12 atom stereocenters. The standard InChI is InChI=1S/C44H62O7/c1-5-7-13-29(3)39(45)21-19-35-37-25-31(23-33(37)27-41(35)47)16-10-12-18-44(50)51-42-28-34-24-32(15-9-11-17-43(48)49)26-38(34)36(42)20-22-40(46)30(4)14-8-6-2/h15-16,19-22,29-30,33-42,45-47H,9-14,17-18,23-28H2,1-4H3,(H,48,49)/b21-19+,22-20+,31-16+,32-15+/t29?,30?,33-,34-,35+,36+,37-,38-,39+,40+,41+,42+/m0/s1. The lowest BCUT2D eigenvalue weighted by molar-refractivity contribution is -0.150. The average Bonchev–Trinajstić information content (AvgIpc) is 3.83. The van der Waals surface area contributed by atoms with Crippen molar-refractivity contribution in [2.24, 2.45) is 47.3 Å². The number of esters is 1. The van der Waals surface area contributed by atoms with Gasteiger partial charge >= 0.3 is 11.9 Å². The molecule has 4 N–H and O–H groups in total. The minimum Gasteiger partial charge on any atom is -0.481 e. The fraction of sp³-hybridized carbons (Fsp3) is 0.682. The topological polar surface area (TPSA) is 124 Å². The molecule has 0 aromatic heterocycles. The molecule has 4 saturated carbocycles. The zero-order valence-corrected chi connectivity index (χ0v) is 31.3. The Kier molecular flexibility index (Phi) is 16.1. The van der Waals surface area contributed by atoms with Gasteiger partial charge in [0, 0.05) is 37.5 Å². The number of hydrogen-bond donors (Lipinski definition) is 4. The number of carboxylic acid groups (broad SMARTS) is 1. The number of carbonyl (C=O) groups is 2. The third-order valence-electron chi connectivity index (χ3n) is 12.0. The lowest BCUT2D eigenvalue weighted by Gasteiger charge is -2.22. The van der Waals surface area contributed by atoms with Gasteiger partial charge in [0.05, 0.1) is 18.3 Å². The molecule has 0 heterocycles. The lowest BCUT2D eigenvalue weighted by Crippen LogP contribution is -2.25. The van der Waals surface area contributed by atoms with E-state index in [1.807, 2.05) is 39.0 Å². The summed E-state index contributed by atoms with van der Waals surface area (Å²) in [5.41, 5.74) is 2.78. The largest absolute Gasteiger partial charge is 0.481 e. The molecule has 0 aromatic rings. The first-order valence-electron chi connectivity index (χ1n) is 19.5. The number of aliphatic carboxylic acids is 1. The Balaban J connectivity index is 1.28. The third-order valence-corrected chi connectivity index (χ3v) is 12.0. The zero-order chi connectivity index (χ0) is 36.9. The maximum absolute atomic E-state index is 13.1. The summed E-state index contributed by atoms with van der Waals surface area (Å²) in [6.07, 6.45) is 20.8. The van der Waals surface area contributed by atoms with Crippen LogP contribution in [0.3, 0.4) is 0 Å². The van der Waals surface area contributed by atoms with E-state index in [1.165, 1.54) is 11.1 Å². The van der Waals surface area contributed by atoms with E-state index >= 15 is 0 Å². The highest BCUT2D eigenvalue weighted by Gasteiger charge is 2.48. The van der Waals surface area contributed by atoms with Crippen molar-refractivity contribution < 1.29 is 34.8 Å². The molecule has 4 rings (SSSR count). The minimum absolute atomic E-state index is 0.00825. The van der Waals surface area contributed by atoms with Crippen LogP contribution in [0.5, 0.6) is 0 Å². The first-order valence-corrected chi connectivity index (χ1v) is 19.5. The molecule has 0 saturated heterocycles. The number of rotatable bonds is 17. The number of fused-ring (bicyclic) bond motifs is 2. The smallest absolute Gasteiger partial charge is 0.306 e. The summed E-state index contributed by atoms with van der Waals surface area (Å²) in [6, 6.07) is 0. The average molecular weight is 703 g/mol. The molecule has 7 nitrogen and oxygen atoms in total. The van der Waals surface area contributed by atoms with Crippen molar-refractivity contribution >= 4 is 11.9 Å². The van der Waals surface area contributed by atoms with Crippen LogP contribution in [-0.2, 0) is 14.3 Å². The van der Waals surface area contributed by atoms with Gasteiger partial charge in [0.25, 0.3) is 0 Å². The molecule has 4 aliphatic carbocycles. The monoisotopic (exact) mass is 702 g/mol. The molecule has 51 heavy (non-hydrogen) atoms. The summed E-state index contributed by atoms with van der Waals surface area (Å²) < 4.78 is 6.16. The van der Waals surface area contributed by atoms with Gasteiger partial charge in [-0.05, 0) is 114 Å². The minimum atomic E-state index is -0.763. The normalized spacial score (nSPS) is 32.3. The Morgan fingerprint density at radius 2 is 1.29 bits per heavy atom. The Morgan fingerprint density at radius 1 is 0.784 bits per heavy atom. The zero-order valence-electron chi connectivity index (χ0n) is 31.3. The van der Waals surface area contributed by atoms with Crippen LogP contribution < -0.4 is 0 Å². The molecule has 0 aromatic carbocycles. The van der Waals surface area contributed by atoms with Crippen molar-refractivity contribution in [3.05, 3.63) is 47.6 Å². The van der Waals surface area contributed by atoms with Crippen molar-refractivity contribution in [2.45, 2.75) is 142 Å². The molecule has 0 spiro atoms. The van der Waals surface area contributed by atoms with Crippen molar-refractivity contribution in [3.8, 4) is 23.7 Å². The molecule has 4 fully saturated rings. The van der Waals surface area contributed by atoms with Gasteiger partial charge < -0.3 is 25.2 Å². The predicted octanol–water partition coefficient (Wildman–Crippen LogP) is 7.56. The lowest BCUT2D eigenvalue weighted by atomic mass is 9.89. The summed E-state index contributed by atoms with van der Waals surface area (Å²) in [6.45, 7) is 7.60. The number of hydrogen-bond acceptors (Lipinski definition) is 6. The van der Waals surface area contributed by atoms with Crippen LogP contribution >= 0.6 is 0 Å². The van der Waals surface area contributed by atoms with Gasteiger partial charge in [0.15, 0.2) is 0 Å². The molecule has 0 aliphatic heterocycles. The van der Waals surface area contributed by atoms with E-state index in [1.54, 1.807) is 6.92 Å². The number of carbonyl (C=O) groups excluding carboxylic acids is 1. The van der Waals surface area contributed by atoms with E-state index < -0.39 is 18.2 Å². The molecule has 0 amide bonds. The Labute approximate surface area is 306 Å². The number of carboxylic acids is 1. The van der Waals surface area contributed by atoms with E-state index in [-0.39, 0.29) is 48.3 Å². The molecule has 2 unspecified atom stereocenters. The second-order valence-corrected chi connectivity index (χ2v) is 15.8. The van der Waals surface area contributed by atoms with Crippen molar-refractivity contribution in [3.63, 3.8) is 0 Å². The SMILES string of the molecule is CC#CCC(C)[C@H](O)/C=C/[C@@H]1[C@H]2C/C(=C/CCCC(=O)O[C@@H]3C[C@@H]4C/C(=C\CCCC(=O)O)C[C@@H]4[C@H]3/C=C/[C@@H](O)C(C)CC#CC)C[C@H]2C[C@H]1O. The Hall–Kier alpha value is -3.10. The third kappa shape index (κ3) is 12.0. The summed E-state index contributed by atoms with van der Waals surface area (Å²) in [4.78, 5) is 24.0. The van der Waals surface area contributed by atoms with Crippen LogP contribution in [0, 0.1) is 71.0 Å². The first-order chi connectivity index (χ1) is 24.5. The molecule has 7 heteroatoms. The maximum atomic E-state index is 13.1. The summed E-state index contributed by atoms with van der Waals surface area (Å²) in [5.74, 6) is 12.7. The van der Waals surface area contributed by atoms with Gasteiger partial charge in [0.1, 0.15) is 6.10 Å². The van der Waals surface area contributed by atoms with Crippen LogP contribution in [0.25, 0.3) is 0 Å². The van der Waals surface area contributed by atoms with Crippen molar-refractivity contribution in [1.29, 1.82) is 0 Å². The van der Waals surface area contributed by atoms with E-state index in [0.717, 1.165) is 57.8 Å². The van der Waals surface area contributed by atoms with E-state index in [2.05, 4.69) is 41.9 Å². The highest BCUT2D eigenvalue weighted by molar-refractivity contribution is 5.69. The van der Waals surface area contributed by atoms with Gasteiger partial charge in [-0.15, -0.1) is 23.7 Å². The number of unbranched alkanes of at least 4 members (excludes halogenated alkanes) is 2. The number of aliphatic hydroxyl groups is 3. The molecule has 0 bridgehead atoms. The van der Waals surface area contributed by atoms with Gasteiger partial charge in [-0.3, -0.25) is 9.59 Å². The Bertz CT molecular complexity index is 1420. The number of aliphatic hydroxyl groups excluding tert-OH is 3. The number of ether oxygens (including phenoxy) is 1. The quantitative estimate of drug-likeness (QED) is 0.0534. The van der Waals surface area contributed by atoms with Crippen molar-refractivity contribution in [2.75, 3.05) is 0 Å². The first kappa shape index (κ1) is 40.7. The van der Waals surface area contributed by atoms with E-state index in [9.17, 15) is 24.9 Å². The number of allylic oxidation sites excluding steroid dienone is 4. The highest BCUT2D eigenvalue weighted by Crippen LogP contribution is 2.52. The second-order valence-electron chi connectivity index (χ2n) is 15.8. The molecular weight excluding hydrogens is 640 g/mol. The van der Waals surface area contributed by atoms with E-state index in [4.69, 9.17) is 9.84 Å².